The Hall–Kier alpha value is -2.93. The lowest BCUT2D eigenvalue weighted by atomic mass is 10.1. The highest BCUT2D eigenvalue weighted by molar-refractivity contribution is 7.98. The predicted molar refractivity (Wildman–Crippen MR) is 126 cm³/mol. The average Bonchev–Trinajstić information content (AvgIpc) is 3.14. The predicted octanol–water partition coefficient (Wildman–Crippen LogP) is 5.01. The fraction of sp³-hybridized carbons (Fsp3) is 0.0870. The van der Waals surface area contributed by atoms with Crippen molar-refractivity contribution in [3.05, 3.63) is 95.4 Å². The van der Waals surface area contributed by atoms with Crippen molar-refractivity contribution in [2.75, 3.05) is 6.26 Å². The van der Waals surface area contributed by atoms with Crippen LogP contribution in [-0.2, 0) is 6.54 Å². The summed E-state index contributed by atoms with van der Waals surface area (Å²) in [4.78, 5) is 6.00. The number of pyridine rings is 1. The summed E-state index contributed by atoms with van der Waals surface area (Å²) in [6.45, 7) is 0.544. The van der Waals surface area contributed by atoms with Gasteiger partial charge in [-0.25, -0.2) is 10.8 Å². The Labute approximate surface area is 184 Å². The molecule has 5 nitrogen and oxygen atoms in total. The number of fused-ring (bicyclic) bond motifs is 1. The fourth-order valence-electron chi connectivity index (χ4n) is 3.31. The average molecular weight is 436 g/mol. The number of hydrogen-bond donors (Lipinski definition) is 2. The molecule has 30 heavy (non-hydrogen) atoms. The lowest BCUT2D eigenvalue weighted by molar-refractivity contribution is 0.387. The first-order valence-corrected chi connectivity index (χ1v) is 11.0. The highest BCUT2D eigenvalue weighted by Crippen LogP contribution is 2.29. The Bertz CT molecular complexity index is 1180. The molecule has 0 amide bonds. The van der Waals surface area contributed by atoms with E-state index in [1.807, 2.05) is 53.1 Å². The van der Waals surface area contributed by atoms with Gasteiger partial charge in [0, 0.05) is 27.9 Å². The van der Waals surface area contributed by atoms with Gasteiger partial charge in [-0.1, -0.05) is 41.9 Å². The van der Waals surface area contributed by atoms with E-state index in [9.17, 15) is 0 Å². The van der Waals surface area contributed by atoms with Gasteiger partial charge in [-0.15, -0.1) is 11.8 Å². The van der Waals surface area contributed by atoms with Crippen LogP contribution in [0.15, 0.2) is 84.0 Å². The summed E-state index contributed by atoms with van der Waals surface area (Å²) < 4.78 is 1.97. The van der Waals surface area contributed by atoms with E-state index in [-0.39, 0.29) is 0 Å². The molecular formula is C23H22ClN5S. The molecule has 2 heterocycles. The van der Waals surface area contributed by atoms with Crippen LogP contribution in [-0.4, -0.2) is 20.6 Å². The zero-order chi connectivity index (χ0) is 21.1. The van der Waals surface area contributed by atoms with Crippen LogP contribution >= 0.6 is 23.4 Å². The third-order valence-corrected chi connectivity index (χ3v) is 5.75. The third kappa shape index (κ3) is 4.31. The molecule has 4 rings (SSSR count). The number of nitrogens with zero attached hydrogens (tertiary/aromatic N) is 3. The quantitative estimate of drug-likeness (QED) is 0.253. The monoisotopic (exact) mass is 435 g/mol. The number of imidazole rings is 1. The summed E-state index contributed by atoms with van der Waals surface area (Å²) in [5, 5.41) is 2.27. The summed E-state index contributed by atoms with van der Waals surface area (Å²) in [7, 11) is 0. The molecule has 0 aliphatic carbocycles. The molecular weight excluding hydrogens is 414 g/mol. The first-order valence-electron chi connectivity index (χ1n) is 9.40. The summed E-state index contributed by atoms with van der Waals surface area (Å²) in [5.41, 5.74) is 11.5. The van der Waals surface area contributed by atoms with Crippen LogP contribution < -0.4 is 11.6 Å². The van der Waals surface area contributed by atoms with Crippen molar-refractivity contribution in [3.63, 3.8) is 0 Å². The molecule has 0 bridgehead atoms. The Morgan fingerprint density at radius 2 is 1.83 bits per heavy atom. The molecule has 0 atom stereocenters. The summed E-state index contributed by atoms with van der Waals surface area (Å²) in [5.74, 6) is 6.26. The van der Waals surface area contributed by atoms with Crippen LogP contribution in [0.4, 0.5) is 0 Å². The highest BCUT2D eigenvalue weighted by Gasteiger charge is 2.16. The molecule has 0 radical (unpaired) electrons. The van der Waals surface area contributed by atoms with Gasteiger partial charge in [0.05, 0.1) is 23.6 Å². The maximum atomic E-state index is 6.52. The smallest absolute Gasteiger partial charge is 0.137 e. The topological polar surface area (TPSA) is 72.6 Å². The van der Waals surface area contributed by atoms with Gasteiger partial charge >= 0.3 is 0 Å². The Balaban J connectivity index is 1.69. The van der Waals surface area contributed by atoms with E-state index in [1.54, 1.807) is 23.0 Å². The molecule has 4 N–H and O–H groups in total. The molecule has 0 fully saturated rings. The number of hydrazine groups is 1. The lowest BCUT2D eigenvalue weighted by Crippen LogP contribution is -2.26. The molecule has 2 aromatic heterocycles. The normalized spacial score (nSPS) is 11.8. The summed E-state index contributed by atoms with van der Waals surface area (Å²) in [6.07, 6.45) is 5.75. The maximum Gasteiger partial charge on any atom is 0.137 e. The third-order valence-electron chi connectivity index (χ3n) is 4.75. The zero-order valence-corrected chi connectivity index (χ0v) is 18.1. The fourth-order valence-corrected chi connectivity index (χ4v) is 3.84. The van der Waals surface area contributed by atoms with Crippen molar-refractivity contribution in [2.45, 2.75) is 11.4 Å². The molecule has 0 unspecified atom stereocenters. The molecule has 4 aromatic rings. The number of aromatic nitrogens is 2. The van der Waals surface area contributed by atoms with E-state index in [0.717, 1.165) is 28.2 Å². The first kappa shape index (κ1) is 20.3. The van der Waals surface area contributed by atoms with Crippen LogP contribution in [0.1, 0.15) is 11.3 Å². The van der Waals surface area contributed by atoms with Gasteiger partial charge < -0.3 is 10.7 Å². The molecule has 2 aromatic carbocycles. The Morgan fingerprint density at radius 3 is 2.53 bits per heavy atom. The van der Waals surface area contributed by atoms with Gasteiger partial charge in [0.25, 0.3) is 0 Å². The standard InChI is InChI=1S/C23H22ClN5S/c1-30-19-11-5-16(6-12-19)14-28(26)15-20(25)23-22(17-7-9-18(24)10-8-17)27-21-4-2-3-13-29(21)23/h2-13,15H,14,25-26H2,1H3/b20-15-. The van der Waals surface area contributed by atoms with Crippen LogP contribution in [0.3, 0.4) is 0 Å². The van der Waals surface area contributed by atoms with Crippen LogP contribution in [0.25, 0.3) is 22.6 Å². The van der Waals surface area contributed by atoms with Crippen molar-refractivity contribution in [2.24, 2.45) is 11.6 Å². The summed E-state index contributed by atoms with van der Waals surface area (Å²) >= 11 is 7.77. The SMILES string of the molecule is CSc1ccc(CN(N)/C=C(\N)c2c(-c3ccc(Cl)cc3)nc3ccccn23)cc1. The second-order valence-electron chi connectivity index (χ2n) is 6.85. The van der Waals surface area contributed by atoms with E-state index >= 15 is 0 Å². The molecule has 0 aliphatic heterocycles. The minimum atomic E-state index is 0.530. The maximum absolute atomic E-state index is 6.52. The van der Waals surface area contributed by atoms with Crippen molar-refractivity contribution in [3.8, 4) is 11.3 Å². The van der Waals surface area contributed by atoms with E-state index in [1.165, 1.54) is 4.90 Å². The minimum absolute atomic E-state index is 0.530. The molecule has 0 aliphatic rings. The van der Waals surface area contributed by atoms with Gasteiger partial charge in [-0.05, 0) is 48.2 Å². The lowest BCUT2D eigenvalue weighted by Gasteiger charge is -2.16. The van der Waals surface area contributed by atoms with E-state index in [2.05, 4.69) is 30.5 Å². The minimum Gasteiger partial charge on any atom is -0.396 e. The van der Waals surface area contributed by atoms with Crippen molar-refractivity contribution in [1.82, 2.24) is 14.4 Å². The Kier molecular flexibility index (Phi) is 5.99. The van der Waals surface area contributed by atoms with E-state index in [0.29, 0.717) is 17.3 Å². The number of nitrogens with two attached hydrogens (primary N) is 2. The van der Waals surface area contributed by atoms with Crippen molar-refractivity contribution >= 4 is 34.7 Å². The van der Waals surface area contributed by atoms with Crippen molar-refractivity contribution < 1.29 is 0 Å². The van der Waals surface area contributed by atoms with E-state index < -0.39 is 0 Å². The second kappa shape index (κ2) is 8.83. The number of hydrogen-bond acceptors (Lipinski definition) is 5. The number of benzene rings is 2. The molecule has 0 spiro atoms. The summed E-state index contributed by atoms with van der Waals surface area (Å²) in [6, 6.07) is 21.7. The van der Waals surface area contributed by atoms with Gasteiger partial charge in [0.2, 0.25) is 0 Å². The van der Waals surface area contributed by atoms with Crippen molar-refractivity contribution in [1.29, 1.82) is 0 Å². The van der Waals surface area contributed by atoms with Gasteiger partial charge in [0.15, 0.2) is 0 Å². The highest BCUT2D eigenvalue weighted by atomic mass is 35.5. The number of halogens is 1. The van der Waals surface area contributed by atoms with Crippen LogP contribution in [0.5, 0.6) is 0 Å². The molecule has 152 valence electrons. The van der Waals surface area contributed by atoms with Crippen LogP contribution in [0, 0.1) is 0 Å². The second-order valence-corrected chi connectivity index (χ2v) is 8.17. The first-order chi connectivity index (χ1) is 14.5. The molecule has 7 heteroatoms. The molecule has 0 saturated carbocycles. The Morgan fingerprint density at radius 1 is 1.10 bits per heavy atom. The largest absolute Gasteiger partial charge is 0.396 e. The number of thioether (sulfide) groups is 1. The van der Waals surface area contributed by atoms with Gasteiger partial charge in [0.1, 0.15) is 5.65 Å². The van der Waals surface area contributed by atoms with Crippen LogP contribution in [0.2, 0.25) is 5.02 Å². The zero-order valence-electron chi connectivity index (χ0n) is 16.5. The number of rotatable bonds is 6. The van der Waals surface area contributed by atoms with Gasteiger partial charge in [-0.2, -0.15) is 0 Å². The molecule has 0 saturated heterocycles. The van der Waals surface area contributed by atoms with Gasteiger partial charge in [-0.3, -0.25) is 4.40 Å². The van der Waals surface area contributed by atoms with E-state index in [4.69, 9.17) is 28.2 Å².